The van der Waals surface area contributed by atoms with Crippen LogP contribution in [-0.4, -0.2) is 85.7 Å². The molecule has 390 valence electrons. The van der Waals surface area contributed by atoms with Crippen LogP contribution in [0.2, 0.25) is 0 Å². The molecule has 1 aromatic rings. The maximum Gasteiger partial charge on any atom is 0.481 e. The average molecular weight is 996 g/mol. The van der Waals surface area contributed by atoms with Crippen molar-refractivity contribution >= 4 is 33.4 Å². The zero-order chi connectivity index (χ0) is 49.5. The zero-order valence-electron chi connectivity index (χ0n) is 41.1. The van der Waals surface area contributed by atoms with Crippen LogP contribution in [0.5, 0.6) is 0 Å². The molecule has 7 atom stereocenters. The number of rotatable bonds is 41. The summed E-state index contributed by atoms with van der Waals surface area (Å²) in [6.07, 6.45) is 22.0. The van der Waals surface area contributed by atoms with Gasteiger partial charge in [-0.1, -0.05) is 175 Å². The second-order valence-electron chi connectivity index (χ2n) is 19.0. The molecule has 1 aliphatic heterocycles. The van der Waals surface area contributed by atoms with E-state index in [1.165, 1.54) is 109 Å². The molecule has 0 saturated carbocycles. The van der Waals surface area contributed by atoms with Gasteiger partial charge in [0.2, 0.25) is 0 Å². The summed E-state index contributed by atoms with van der Waals surface area (Å²) in [5, 5.41) is 20.9. The summed E-state index contributed by atoms with van der Waals surface area (Å²) < 4.78 is 56.8. The Morgan fingerprint density at radius 1 is 0.672 bits per heavy atom. The fourth-order valence-corrected chi connectivity index (χ4v) is 9.97. The Morgan fingerprint density at radius 3 is 1.57 bits per heavy atom. The van der Waals surface area contributed by atoms with E-state index in [-0.39, 0.29) is 18.7 Å². The number of aliphatic hydroxyl groups is 2. The first-order valence-corrected chi connectivity index (χ1v) is 28.3. The van der Waals surface area contributed by atoms with Crippen LogP contribution in [0.1, 0.15) is 207 Å². The number of aliphatic hydroxyl groups excluding tert-OH is 2. The molecule has 0 aromatic carbocycles. The van der Waals surface area contributed by atoms with Gasteiger partial charge < -0.3 is 39.9 Å². The highest BCUT2D eigenvalue weighted by atomic mass is 31.3. The molecule has 3 unspecified atom stereocenters. The Kier molecular flexibility index (Phi) is 31.8. The molecule has 1 fully saturated rings. The number of esters is 2. The monoisotopic (exact) mass is 996 g/mol. The van der Waals surface area contributed by atoms with Crippen molar-refractivity contribution in [1.29, 1.82) is 0 Å². The third-order valence-electron chi connectivity index (χ3n) is 11.8. The molecule has 67 heavy (non-hydrogen) atoms. The second kappa shape index (κ2) is 35.0. The quantitative estimate of drug-likeness (QED) is 0.0232. The standard InChI is InChI=1S/C47H87N3O15P2/c1-37(2)28-24-20-16-12-8-6-5-7-9-15-19-23-27-31-43(52)63-39(34-60-42(51)30-26-22-18-14-11-10-13-17-21-25-29-38(3)4)35-61-66(56,57)65-67(58,59)62-36-40-44(53)45(54)46(64-40)50-33-32-41(48)49-47(50)55/h32-33,37-40,44-46,53-54H,5-31,34-36H2,1-4H3,(H,56,57)(H,58,59)(H2,48,49,55)/t39-,40-,44+,45?,46-/m1/s1. The molecule has 0 aliphatic carbocycles. The molecule has 0 amide bonds. The lowest BCUT2D eigenvalue weighted by Crippen LogP contribution is -2.36. The largest absolute Gasteiger partial charge is 0.481 e. The van der Waals surface area contributed by atoms with Gasteiger partial charge in [-0.2, -0.15) is 9.29 Å². The smallest absolute Gasteiger partial charge is 0.462 e. The predicted molar refractivity (Wildman–Crippen MR) is 257 cm³/mol. The number of nitrogens with zero attached hydrogens (tertiary/aromatic N) is 2. The van der Waals surface area contributed by atoms with E-state index < -0.39 is 83.7 Å². The minimum atomic E-state index is -5.42. The molecule has 18 nitrogen and oxygen atoms in total. The van der Waals surface area contributed by atoms with Crippen LogP contribution in [0.3, 0.4) is 0 Å². The summed E-state index contributed by atoms with van der Waals surface area (Å²) in [6, 6.07) is 1.25. The Bertz CT molecular complexity index is 1650. The highest BCUT2D eigenvalue weighted by Gasteiger charge is 2.46. The summed E-state index contributed by atoms with van der Waals surface area (Å²) in [5.74, 6) is 0.260. The molecule has 0 radical (unpaired) electrons. The van der Waals surface area contributed by atoms with Crippen molar-refractivity contribution in [2.24, 2.45) is 11.8 Å². The number of phosphoric ester groups is 2. The van der Waals surface area contributed by atoms with E-state index in [2.05, 4.69) is 37.0 Å². The summed E-state index contributed by atoms with van der Waals surface area (Å²) in [6.45, 7) is 6.77. The first-order chi connectivity index (χ1) is 31.9. The van der Waals surface area contributed by atoms with Gasteiger partial charge in [0.05, 0.1) is 13.2 Å². The van der Waals surface area contributed by atoms with Crippen molar-refractivity contribution in [3.63, 3.8) is 0 Å². The molecule has 2 rings (SSSR count). The van der Waals surface area contributed by atoms with Gasteiger partial charge in [0.15, 0.2) is 12.3 Å². The number of hydrogen-bond donors (Lipinski definition) is 5. The van der Waals surface area contributed by atoms with Crippen molar-refractivity contribution in [3.05, 3.63) is 22.7 Å². The molecular weight excluding hydrogens is 908 g/mol. The van der Waals surface area contributed by atoms with Gasteiger partial charge in [0.1, 0.15) is 30.7 Å². The summed E-state index contributed by atoms with van der Waals surface area (Å²) in [4.78, 5) is 61.9. The third kappa shape index (κ3) is 29.5. The van der Waals surface area contributed by atoms with E-state index in [1.54, 1.807) is 0 Å². The van der Waals surface area contributed by atoms with Crippen LogP contribution >= 0.6 is 15.6 Å². The first-order valence-electron chi connectivity index (χ1n) is 25.3. The fourth-order valence-electron chi connectivity index (χ4n) is 7.86. The lowest BCUT2D eigenvalue weighted by Gasteiger charge is -2.21. The number of nitrogen functional groups attached to an aromatic ring is 1. The van der Waals surface area contributed by atoms with Crippen molar-refractivity contribution in [2.75, 3.05) is 25.6 Å². The molecule has 0 spiro atoms. The topological polar surface area (TPSA) is 265 Å². The van der Waals surface area contributed by atoms with Gasteiger partial charge in [0.25, 0.3) is 0 Å². The molecular formula is C47H87N3O15P2. The van der Waals surface area contributed by atoms with Crippen LogP contribution in [0.15, 0.2) is 17.1 Å². The predicted octanol–water partition coefficient (Wildman–Crippen LogP) is 9.99. The maximum atomic E-state index is 12.9. The highest BCUT2D eigenvalue weighted by molar-refractivity contribution is 7.61. The number of ether oxygens (including phenoxy) is 3. The van der Waals surface area contributed by atoms with Crippen molar-refractivity contribution in [2.45, 2.75) is 232 Å². The molecule has 1 aromatic heterocycles. The third-order valence-corrected chi connectivity index (χ3v) is 14.4. The normalized spacial score (nSPS) is 19.7. The number of phosphoric acid groups is 2. The van der Waals surface area contributed by atoms with E-state index in [4.69, 9.17) is 29.0 Å². The zero-order valence-corrected chi connectivity index (χ0v) is 42.8. The number of hydrogen-bond acceptors (Lipinski definition) is 15. The van der Waals surface area contributed by atoms with Gasteiger partial charge in [-0.25, -0.2) is 13.9 Å². The minimum Gasteiger partial charge on any atom is -0.462 e. The Balaban J connectivity index is 1.80. The van der Waals surface area contributed by atoms with Gasteiger partial charge >= 0.3 is 33.3 Å². The number of aromatic nitrogens is 2. The number of carbonyl (C=O) groups excluding carboxylic acids is 2. The molecule has 20 heteroatoms. The maximum absolute atomic E-state index is 12.9. The highest BCUT2D eigenvalue weighted by Crippen LogP contribution is 2.60. The van der Waals surface area contributed by atoms with Gasteiger partial charge in [-0.15, -0.1) is 0 Å². The van der Waals surface area contributed by atoms with Crippen LogP contribution in [0, 0.1) is 11.8 Å². The summed E-state index contributed by atoms with van der Waals surface area (Å²) >= 11 is 0. The Morgan fingerprint density at radius 2 is 1.10 bits per heavy atom. The van der Waals surface area contributed by atoms with E-state index >= 15 is 0 Å². The SMILES string of the molecule is CC(C)CCCCCCCCCCCCCCCC(=O)O[C@H](COC(=O)CCCCCCCCCCCCC(C)C)COP(=O)(O)OP(=O)(O)OC[C@H]1O[C@@H](n2ccc(N)nc2=O)C(O)[C@H]1O. The minimum absolute atomic E-state index is 0.0564. The molecule has 2 heterocycles. The van der Waals surface area contributed by atoms with Crippen molar-refractivity contribution in [3.8, 4) is 0 Å². The summed E-state index contributed by atoms with van der Waals surface area (Å²) in [5.41, 5.74) is 4.59. The summed E-state index contributed by atoms with van der Waals surface area (Å²) in [7, 11) is -10.8. The molecule has 1 saturated heterocycles. The van der Waals surface area contributed by atoms with E-state index in [0.717, 1.165) is 67.8 Å². The van der Waals surface area contributed by atoms with Crippen molar-refractivity contribution in [1.82, 2.24) is 9.55 Å². The first kappa shape index (κ1) is 60.9. The Labute approximate surface area is 400 Å². The van der Waals surface area contributed by atoms with Gasteiger partial charge in [-0.05, 0) is 30.7 Å². The average Bonchev–Trinajstić information content (AvgIpc) is 3.53. The number of carbonyl (C=O) groups is 2. The number of unbranched alkanes of at least 4 members (excludes halogenated alkanes) is 21. The number of nitrogens with two attached hydrogens (primary N) is 1. The fraction of sp³-hybridized carbons (Fsp3) is 0.872. The Hall–Kier alpha value is -2.24. The van der Waals surface area contributed by atoms with Crippen LogP contribution in [0.4, 0.5) is 5.82 Å². The van der Waals surface area contributed by atoms with Gasteiger partial charge in [-0.3, -0.25) is 23.2 Å². The van der Waals surface area contributed by atoms with Crippen LogP contribution in [0.25, 0.3) is 0 Å². The van der Waals surface area contributed by atoms with Crippen molar-refractivity contribution < 1.29 is 66.3 Å². The lowest BCUT2D eigenvalue weighted by molar-refractivity contribution is -0.161. The lowest BCUT2D eigenvalue weighted by atomic mass is 10.0. The van der Waals surface area contributed by atoms with Crippen LogP contribution in [-0.2, 0) is 46.3 Å². The molecule has 0 bridgehead atoms. The second-order valence-corrected chi connectivity index (χ2v) is 22.0. The van der Waals surface area contributed by atoms with E-state index in [0.29, 0.717) is 12.8 Å². The molecule has 1 aliphatic rings. The van der Waals surface area contributed by atoms with Gasteiger partial charge in [0, 0.05) is 19.0 Å². The van der Waals surface area contributed by atoms with E-state index in [1.807, 2.05) is 0 Å². The number of anilines is 1. The molecule has 6 N–H and O–H groups in total. The van der Waals surface area contributed by atoms with Crippen LogP contribution < -0.4 is 11.4 Å². The van der Waals surface area contributed by atoms with E-state index in [9.17, 15) is 43.5 Å².